The van der Waals surface area contributed by atoms with Crippen LogP contribution in [-0.2, 0) is 6.42 Å². The third-order valence-electron chi connectivity index (χ3n) is 3.79. The molecule has 0 aliphatic rings. The van der Waals surface area contributed by atoms with Gasteiger partial charge in [-0.05, 0) is 56.5 Å². The van der Waals surface area contributed by atoms with Gasteiger partial charge in [-0.3, -0.25) is 0 Å². The quantitative estimate of drug-likeness (QED) is 0.746. The summed E-state index contributed by atoms with van der Waals surface area (Å²) in [4.78, 5) is 14.7. The number of benzene rings is 1. The van der Waals surface area contributed by atoms with Gasteiger partial charge in [0.25, 0.3) is 0 Å². The van der Waals surface area contributed by atoms with Crippen LogP contribution in [0.1, 0.15) is 28.8 Å². The molecule has 3 rings (SSSR count). The Hall–Kier alpha value is -2.27. The van der Waals surface area contributed by atoms with Crippen molar-refractivity contribution in [3.05, 3.63) is 52.3 Å². The fourth-order valence-electron chi connectivity index (χ4n) is 2.33. The highest BCUT2D eigenvalue weighted by molar-refractivity contribution is 7.15. The Morgan fingerprint density at radius 1 is 1.04 bits per heavy atom. The molecule has 0 aliphatic carbocycles. The van der Waals surface area contributed by atoms with Crippen LogP contribution in [0, 0.1) is 20.8 Å². The van der Waals surface area contributed by atoms with E-state index in [0.29, 0.717) is 5.95 Å². The Morgan fingerprint density at radius 2 is 1.87 bits per heavy atom. The van der Waals surface area contributed by atoms with Gasteiger partial charge in [0.1, 0.15) is 0 Å². The topological polar surface area (TPSA) is 50.7 Å². The molecule has 0 amide bonds. The van der Waals surface area contributed by atoms with E-state index in [4.69, 9.17) is 0 Å². The van der Waals surface area contributed by atoms with Crippen molar-refractivity contribution in [3.63, 3.8) is 0 Å². The maximum Gasteiger partial charge on any atom is 0.227 e. The maximum absolute atomic E-state index is 4.65. The van der Waals surface area contributed by atoms with E-state index in [9.17, 15) is 0 Å². The first-order chi connectivity index (χ1) is 11.1. The van der Waals surface area contributed by atoms with E-state index in [0.717, 1.165) is 33.4 Å². The summed E-state index contributed by atoms with van der Waals surface area (Å²) in [6, 6.07) is 8.19. The van der Waals surface area contributed by atoms with Gasteiger partial charge < -0.3 is 5.32 Å². The van der Waals surface area contributed by atoms with Gasteiger partial charge in [-0.25, -0.2) is 15.0 Å². The zero-order valence-corrected chi connectivity index (χ0v) is 14.7. The summed E-state index contributed by atoms with van der Waals surface area (Å²) < 4.78 is 0. The van der Waals surface area contributed by atoms with Crippen molar-refractivity contribution in [1.29, 1.82) is 0 Å². The van der Waals surface area contributed by atoms with E-state index < -0.39 is 0 Å². The molecule has 23 heavy (non-hydrogen) atoms. The number of rotatable bonds is 4. The molecule has 1 N–H and O–H groups in total. The Balaban J connectivity index is 1.90. The Morgan fingerprint density at radius 3 is 2.57 bits per heavy atom. The lowest BCUT2D eigenvalue weighted by atomic mass is 10.1. The largest absolute Gasteiger partial charge is 0.324 e. The van der Waals surface area contributed by atoms with Crippen molar-refractivity contribution in [2.24, 2.45) is 0 Å². The van der Waals surface area contributed by atoms with Gasteiger partial charge in [0.05, 0.1) is 21.3 Å². The van der Waals surface area contributed by atoms with Crippen LogP contribution in [-0.4, -0.2) is 15.0 Å². The summed E-state index contributed by atoms with van der Waals surface area (Å²) in [6.07, 6.45) is 2.74. The highest BCUT2D eigenvalue weighted by Crippen LogP contribution is 2.29. The molecule has 0 saturated heterocycles. The van der Waals surface area contributed by atoms with Crippen molar-refractivity contribution in [2.75, 3.05) is 5.32 Å². The standard InChI is InChI=1S/C18H20N4S/c1-5-16-20-13(4)17(23-16)15-8-9-19-18(22-15)21-14-7-6-11(2)12(3)10-14/h6-10H,5H2,1-4H3,(H,19,21,22). The predicted molar refractivity (Wildman–Crippen MR) is 96.5 cm³/mol. The molecule has 5 heteroatoms. The average Bonchev–Trinajstić information content (AvgIpc) is 2.92. The summed E-state index contributed by atoms with van der Waals surface area (Å²) >= 11 is 1.70. The summed E-state index contributed by atoms with van der Waals surface area (Å²) in [5, 5.41) is 4.42. The van der Waals surface area contributed by atoms with Crippen LogP contribution in [0.25, 0.3) is 10.6 Å². The third kappa shape index (κ3) is 3.40. The fraction of sp³-hybridized carbons (Fsp3) is 0.278. The van der Waals surface area contributed by atoms with E-state index in [1.165, 1.54) is 11.1 Å². The Kier molecular flexibility index (Phi) is 4.39. The van der Waals surface area contributed by atoms with Crippen molar-refractivity contribution in [1.82, 2.24) is 15.0 Å². The molecule has 118 valence electrons. The van der Waals surface area contributed by atoms with Crippen molar-refractivity contribution >= 4 is 23.0 Å². The lowest BCUT2D eigenvalue weighted by molar-refractivity contribution is 1.07. The molecular weight excluding hydrogens is 304 g/mol. The molecule has 0 bridgehead atoms. The first kappa shape index (κ1) is 15.6. The highest BCUT2D eigenvalue weighted by atomic mass is 32.1. The molecule has 0 aliphatic heterocycles. The molecule has 0 fully saturated rings. The van der Waals surface area contributed by atoms with Gasteiger partial charge in [0.15, 0.2) is 0 Å². The summed E-state index contributed by atoms with van der Waals surface area (Å²) in [7, 11) is 0. The van der Waals surface area contributed by atoms with Crippen LogP contribution in [0.3, 0.4) is 0 Å². The van der Waals surface area contributed by atoms with E-state index in [2.05, 4.69) is 53.2 Å². The molecular formula is C18H20N4S. The first-order valence-corrected chi connectivity index (χ1v) is 8.52. The van der Waals surface area contributed by atoms with Gasteiger partial charge in [-0.2, -0.15) is 0 Å². The number of hydrogen-bond acceptors (Lipinski definition) is 5. The number of hydrogen-bond donors (Lipinski definition) is 1. The van der Waals surface area contributed by atoms with Gasteiger partial charge in [-0.15, -0.1) is 11.3 Å². The van der Waals surface area contributed by atoms with E-state index in [1.807, 2.05) is 19.1 Å². The first-order valence-electron chi connectivity index (χ1n) is 7.71. The van der Waals surface area contributed by atoms with E-state index in [-0.39, 0.29) is 0 Å². The van der Waals surface area contributed by atoms with Crippen molar-refractivity contribution in [2.45, 2.75) is 34.1 Å². The molecule has 0 radical (unpaired) electrons. The number of nitrogens with zero attached hydrogens (tertiary/aromatic N) is 3. The van der Waals surface area contributed by atoms with Crippen LogP contribution < -0.4 is 5.32 Å². The monoisotopic (exact) mass is 324 g/mol. The average molecular weight is 324 g/mol. The molecule has 3 aromatic rings. The molecule has 4 nitrogen and oxygen atoms in total. The van der Waals surface area contributed by atoms with Crippen molar-refractivity contribution in [3.8, 4) is 10.6 Å². The lowest BCUT2D eigenvalue weighted by Gasteiger charge is -2.08. The summed E-state index contributed by atoms with van der Waals surface area (Å²) in [5.74, 6) is 0.608. The molecule has 0 unspecified atom stereocenters. The van der Waals surface area contributed by atoms with Crippen LogP contribution in [0.2, 0.25) is 0 Å². The molecule has 2 aromatic heterocycles. The minimum absolute atomic E-state index is 0.608. The molecule has 0 saturated carbocycles. The van der Waals surface area contributed by atoms with Crippen LogP contribution >= 0.6 is 11.3 Å². The molecule has 2 heterocycles. The van der Waals surface area contributed by atoms with Crippen molar-refractivity contribution < 1.29 is 0 Å². The summed E-state index contributed by atoms with van der Waals surface area (Å²) in [6.45, 7) is 8.36. The second-order valence-electron chi connectivity index (χ2n) is 5.57. The highest BCUT2D eigenvalue weighted by Gasteiger charge is 2.11. The number of aryl methyl sites for hydroxylation is 4. The molecule has 0 atom stereocenters. The number of aromatic nitrogens is 3. The summed E-state index contributed by atoms with van der Waals surface area (Å²) in [5.41, 5.74) is 5.47. The number of thiazole rings is 1. The number of nitrogens with one attached hydrogen (secondary N) is 1. The lowest BCUT2D eigenvalue weighted by Crippen LogP contribution is -1.98. The predicted octanol–water partition coefficient (Wildman–Crippen LogP) is 4.83. The second-order valence-corrected chi connectivity index (χ2v) is 6.65. The van der Waals surface area contributed by atoms with Gasteiger partial charge in [-0.1, -0.05) is 13.0 Å². The Bertz CT molecular complexity index is 839. The SMILES string of the molecule is CCc1nc(C)c(-c2ccnc(Nc3ccc(C)c(C)c3)n2)s1. The van der Waals surface area contributed by atoms with E-state index >= 15 is 0 Å². The zero-order chi connectivity index (χ0) is 16.4. The van der Waals surface area contributed by atoms with Crippen LogP contribution in [0.4, 0.5) is 11.6 Å². The normalized spacial score (nSPS) is 10.8. The van der Waals surface area contributed by atoms with Crippen LogP contribution in [0.5, 0.6) is 0 Å². The van der Waals surface area contributed by atoms with Gasteiger partial charge in [0.2, 0.25) is 5.95 Å². The maximum atomic E-state index is 4.65. The smallest absolute Gasteiger partial charge is 0.227 e. The van der Waals surface area contributed by atoms with Gasteiger partial charge in [0, 0.05) is 11.9 Å². The minimum Gasteiger partial charge on any atom is -0.324 e. The Labute approximate surface area is 140 Å². The van der Waals surface area contributed by atoms with Gasteiger partial charge >= 0.3 is 0 Å². The minimum atomic E-state index is 0.608. The van der Waals surface area contributed by atoms with E-state index in [1.54, 1.807) is 17.5 Å². The number of anilines is 2. The van der Waals surface area contributed by atoms with Crippen LogP contribution in [0.15, 0.2) is 30.5 Å². The molecule has 0 spiro atoms. The third-order valence-corrected chi connectivity index (χ3v) is 5.12. The molecule has 1 aromatic carbocycles. The fourth-order valence-corrected chi connectivity index (χ4v) is 3.31. The zero-order valence-electron chi connectivity index (χ0n) is 13.8. The second kappa shape index (κ2) is 6.46.